The molecule has 1 aliphatic rings. The van der Waals surface area contributed by atoms with E-state index in [0.29, 0.717) is 6.42 Å². The minimum absolute atomic E-state index is 0.119. The lowest BCUT2D eigenvalue weighted by molar-refractivity contribution is -0.137. The lowest BCUT2D eigenvalue weighted by Gasteiger charge is -2.23. The molecule has 2 rings (SSSR count). The molecule has 0 unspecified atom stereocenters. The predicted octanol–water partition coefficient (Wildman–Crippen LogP) is -0.259. The maximum Gasteiger partial charge on any atom is 0.303 e. The Balaban J connectivity index is 2.10. The van der Waals surface area contributed by atoms with E-state index in [0.717, 1.165) is 31.3 Å². The Hall–Kier alpha value is -1.43. The van der Waals surface area contributed by atoms with Gasteiger partial charge >= 0.3 is 5.97 Å². The monoisotopic (exact) mass is 210 g/mol. The van der Waals surface area contributed by atoms with Crippen molar-refractivity contribution in [1.29, 1.82) is 0 Å². The van der Waals surface area contributed by atoms with E-state index >= 15 is 0 Å². The molecule has 0 fully saturated rings. The van der Waals surface area contributed by atoms with E-state index in [1.807, 2.05) is 11.6 Å². The summed E-state index contributed by atoms with van der Waals surface area (Å²) in [4.78, 5) is 12.6. The molecule has 0 saturated carbocycles. The van der Waals surface area contributed by atoms with Crippen molar-refractivity contribution in [2.75, 3.05) is 13.6 Å². The number of carbonyl (C=O) groups is 1. The summed E-state index contributed by atoms with van der Waals surface area (Å²) in [5.74, 6) is 0.935. The van der Waals surface area contributed by atoms with Crippen LogP contribution in [0.4, 0.5) is 0 Å². The molecule has 82 valence electrons. The highest BCUT2D eigenvalue weighted by Crippen LogP contribution is 2.11. The summed E-state index contributed by atoms with van der Waals surface area (Å²) in [5.41, 5.74) is 0. The Labute approximate surface area is 87.5 Å². The number of hydrogen-bond acceptors (Lipinski definition) is 4. The van der Waals surface area contributed by atoms with E-state index in [1.165, 1.54) is 0 Å². The van der Waals surface area contributed by atoms with Crippen molar-refractivity contribution < 1.29 is 9.90 Å². The van der Waals surface area contributed by atoms with E-state index < -0.39 is 5.97 Å². The number of carboxylic acid groups (broad SMARTS) is 1. The number of hydrogen-bond donors (Lipinski definition) is 1. The van der Waals surface area contributed by atoms with Crippen LogP contribution in [0.5, 0.6) is 0 Å². The second kappa shape index (κ2) is 3.98. The third kappa shape index (κ3) is 2.15. The number of nitrogens with zero attached hydrogens (tertiary/aromatic N) is 4. The van der Waals surface area contributed by atoms with Crippen LogP contribution in [0.3, 0.4) is 0 Å². The summed E-state index contributed by atoms with van der Waals surface area (Å²) >= 11 is 0. The average molecular weight is 210 g/mol. The molecule has 6 nitrogen and oxygen atoms in total. The van der Waals surface area contributed by atoms with Gasteiger partial charge in [0.05, 0.1) is 13.0 Å². The summed E-state index contributed by atoms with van der Waals surface area (Å²) < 4.78 is 2.03. The molecule has 0 spiro atoms. The molecule has 15 heavy (non-hydrogen) atoms. The number of fused-ring (bicyclic) bond motifs is 1. The highest BCUT2D eigenvalue weighted by molar-refractivity contribution is 5.66. The molecule has 1 aliphatic heterocycles. The summed E-state index contributed by atoms with van der Waals surface area (Å²) in [7, 11) is 2.04. The van der Waals surface area contributed by atoms with Crippen molar-refractivity contribution >= 4 is 5.97 Å². The third-order valence-electron chi connectivity index (χ3n) is 2.58. The molecule has 2 heterocycles. The van der Waals surface area contributed by atoms with Crippen molar-refractivity contribution in [2.45, 2.75) is 25.9 Å². The maximum atomic E-state index is 10.4. The van der Waals surface area contributed by atoms with Gasteiger partial charge in [-0.25, -0.2) is 0 Å². The molecule has 0 bridgehead atoms. The smallest absolute Gasteiger partial charge is 0.303 e. The highest BCUT2D eigenvalue weighted by atomic mass is 16.4. The van der Waals surface area contributed by atoms with E-state index in [4.69, 9.17) is 5.11 Å². The summed E-state index contributed by atoms with van der Waals surface area (Å²) in [6, 6.07) is 0. The minimum atomic E-state index is -0.791. The van der Waals surface area contributed by atoms with Gasteiger partial charge in [0.15, 0.2) is 0 Å². The fourth-order valence-corrected chi connectivity index (χ4v) is 1.74. The van der Waals surface area contributed by atoms with Gasteiger partial charge in [-0.05, 0) is 7.05 Å². The summed E-state index contributed by atoms with van der Waals surface area (Å²) in [5, 5.41) is 16.7. The number of aryl methyl sites for hydroxylation is 1. The van der Waals surface area contributed by atoms with Gasteiger partial charge in [-0.1, -0.05) is 0 Å². The maximum absolute atomic E-state index is 10.4. The number of likely N-dealkylation sites (N-methyl/N-ethyl adjacent to an activating group) is 1. The SMILES string of the molecule is CN1CCn2c(CCC(=O)O)nnc2C1. The largest absolute Gasteiger partial charge is 0.481 e. The molecule has 0 saturated heterocycles. The number of aliphatic carboxylic acids is 1. The molecule has 0 amide bonds. The minimum Gasteiger partial charge on any atom is -0.481 e. The van der Waals surface area contributed by atoms with Crippen LogP contribution in [-0.2, 0) is 24.3 Å². The van der Waals surface area contributed by atoms with Gasteiger partial charge in [0.25, 0.3) is 0 Å². The lowest BCUT2D eigenvalue weighted by atomic mass is 10.3. The van der Waals surface area contributed by atoms with Gasteiger partial charge in [-0.15, -0.1) is 10.2 Å². The van der Waals surface area contributed by atoms with E-state index in [-0.39, 0.29) is 6.42 Å². The fourth-order valence-electron chi connectivity index (χ4n) is 1.74. The van der Waals surface area contributed by atoms with Crippen LogP contribution < -0.4 is 0 Å². The average Bonchev–Trinajstić information content (AvgIpc) is 2.57. The first kappa shape index (κ1) is 10.1. The van der Waals surface area contributed by atoms with Crippen molar-refractivity contribution in [3.05, 3.63) is 11.6 Å². The highest BCUT2D eigenvalue weighted by Gasteiger charge is 2.18. The van der Waals surface area contributed by atoms with Gasteiger partial charge in [-0.2, -0.15) is 0 Å². The van der Waals surface area contributed by atoms with Crippen LogP contribution in [0.25, 0.3) is 0 Å². The number of carboxylic acids is 1. The normalized spacial score (nSPS) is 16.3. The number of rotatable bonds is 3. The van der Waals surface area contributed by atoms with Crippen molar-refractivity contribution in [1.82, 2.24) is 19.7 Å². The first-order valence-corrected chi connectivity index (χ1v) is 4.98. The first-order valence-electron chi connectivity index (χ1n) is 4.98. The van der Waals surface area contributed by atoms with Crippen LogP contribution in [0.2, 0.25) is 0 Å². The van der Waals surface area contributed by atoms with Gasteiger partial charge < -0.3 is 9.67 Å². The predicted molar refractivity (Wildman–Crippen MR) is 52.3 cm³/mol. The molecule has 0 atom stereocenters. The zero-order valence-electron chi connectivity index (χ0n) is 8.68. The Morgan fingerprint density at radius 3 is 3.00 bits per heavy atom. The second-order valence-corrected chi connectivity index (χ2v) is 3.82. The van der Waals surface area contributed by atoms with Gasteiger partial charge in [0, 0.05) is 19.5 Å². The summed E-state index contributed by atoms with van der Waals surface area (Å²) in [6.45, 7) is 2.61. The summed E-state index contributed by atoms with van der Waals surface area (Å²) in [6.07, 6.45) is 0.583. The van der Waals surface area contributed by atoms with Crippen LogP contribution >= 0.6 is 0 Å². The molecule has 0 aliphatic carbocycles. The van der Waals surface area contributed by atoms with E-state index in [2.05, 4.69) is 15.1 Å². The molecule has 1 N–H and O–H groups in total. The molecular formula is C9H14N4O2. The van der Waals surface area contributed by atoms with Crippen molar-refractivity contribution in [3.8, 4) is 0 Å². The van der Waals surface area contributed by atoms with Crippen LogP contribution in [-0.4, -0.2) is 44.3 Å². The van der Waals surface area contributed by atoms with Crippen LogP contribution in [0.1, 0.15) is 18.1 Å². The van der Waals surface area contributed by atoms with Gasteiger partial charge in [-0.3, -0.25) is 9.69 Å². The molecular weight excluding hydrogens is 196 g/mol. The van der Waals surface area contributed by atoms with E-state index in [1.54, 1.807) is 0 Å². The van der Waals surface area contributed by atoms with Crippen molar-refractivity contribution in [2.24, 2.45) is 0 Å². The zero-order valence-corrected chi connectivity index (χ0v) is 8.68. The van der Waals surface area contributed by atoms with Gasteiger partial charge in [0.1, 0.15) is 11.6 Å². The van der Waals surface area contributed by atoms with Gasteiger partial charge in [0.2, 0.25) is 0 Å². The second-order valence-electron chi connectivity index (χ2n) is 3.82. The van der Waals surface area contributed by atoms with Crippen LogP contribution in [0.15, 0.2) is 0 Å². The zero-order chi connectivity index (χ0) is 10.8. The molecule has 1 aromatic rings. The van der Waals surface area contributed by atoms with E-state index in [9.17, 15) is 4.79 Å². The Morgan fingerprint density at radius 1 is 1.47 bits per heavy atom. The fraction of sp³-hybridized carbons (Fsp3) is 0.667. The Bertz CT molecular complexity index is 374. The molecule has 0 aromatic carbocycles. The molecule has 1 aromatic heterocycles. The topological polar surface area (TPSA) is 71.2 Å². The third-order valence-corrected chi connectivity index (χ3v) is 2.58. The molecule has 6 heteroatoms. The van der Waals surface area contributed by atoms with Crippen LogP contribution in [0, 0.1) is 0 Å². The lowest BCUT2D eigenvalue weighted by Crippen LogP contribution is -2.31. The standard InChI is InChI=1S/C9H14N4O2/c1-12-4-5-13-7(2-3-9(14)15)10-11-8(13)6-12/h2-6H2,1H3,(H,14,15). The van der Waals surface area contributed by atoms with Crippen molar-refractivity contribution in [3.63, 3.8) is 0 Å². The quantitative estimate of drug-likeness (QED) is 0.744. The number of aromatic nitrogens is 3. The molecule has 0 radical (unpaired) electrons. The Kier molecular flexibility index (Phi) is 2.68. The Morgan fingerprint density at radius 2 is 2.27 bits per heavy atom. The first-order chi connectivity index (χ1) is 7.16.